The summed E-state index contributed by atoms with van der Waals surface area (Å²) in [6, 6.07) is 0. The van der Waals surface area contributed by atoms with E-state index >= 15 is 0 Å². The number of unbranched alkanes of at least 4 members (excludes halogenated alkanes) is 18. The minimum atomic E-state index is -0.859. The molecule has 0 rings (SSSR count). The van der Waals surface area contributed by atoms with Crippen molar-refractivity contribution in [1.82, 2.24) is 0 Å². The standard InChI is InChI=1S/2C18H36O2S.2C8H17.Sn/c2*1-16(2)11-7-5-9-13-21(15-18(19)20)14-10-6-8-12-17(3)4;2*1-3-5-7-8-6-4-2;/h2*16-17H,5-15H2,1-4H3;2*1,3-8H2,2H3;/q;;;;+2. The van der Waals surface area contributed by atoms with E-state index < -0.39 is 11.9 Å². The first-order chi connectivity index (χ1) is 28.2. The number of hydrogen-bond acceptors (Lipinski definition) is 4. The Balaban J connectivity index is -0.000000803. The van der Waals surface area contributed by atoms with Gasteiger partial charge in [-0.2, -0.15) is 0 Å². The Morgan fingerprint density at radius 3 is 0.847 bits per heavy atom. The van der Waals surface area contributed by atoms with Crippen molar-refractivity contribution < 1.29 is 19.8 Å². The van der Waals surface area contributed by atoms with Gasteiger partial charge in [0.05, 0.1) is 11.9 Å². The number of rotatable bonds is 42. The van der Waals surface area contributed by atoms with Crippen LogP contribution in [0.3, 0.4) is 0 Å². The summed E-state index contributed by atoms with van der Waals surface area (Å²) in [5.41, 5.74) is 0. The van der Waals surface area contributed by atoms with Crippen LogP contribution in [0.15, 0.2) is 0 Å². The zero-order chi connectivity index (χ0) is 44.8. The van der Waals surface area contributed by atoms with Gasteiger partial charge in [-0.1, -0.05) is 107 Å². The van der Waals surface area contributed by atoms with Crippen LogP contribution in [0.25, 0.3) is 0 Å². The van der Waals surface area contributed by atoms with E-state index in [9.17, 15) is 19.8 Å². The van der Waals surface area contributed by atoms with Crippen molar-refractivity contribution in [2.75, 3.05) is 34.5 Å². The zero-order valence-electron chi connectivity index (χ0n) is 41.7. The molecule has 0 fully saturated rings. The molecule has 7 heteroatoms. The molecule has 0 bridgehead atoms. The maximum absolute atomic E-state index is 10.9. The van der Waals surface area contributed by atoms with Gasteiger partial charge >= 0.3 is 121 Å². The molecule has 0 atom stereocenters. The van der Waals surface area contributed by atoms with Gasteiger partial charge < -0.3 is 19.8 Å². The maximum atomic E-state index is 10.9. The van der Waals surface area contributed by atoms with Gasteiger partial charge in [0, 0.05) is 0 Å². The summed E-state index contributed by atoms with van der Waals surface area (Å²) in [7, 11) is 0.110. The Morgan fingerprint density at radius 1 is 0.373 bits per heavy atom. The van der Waals surface area contributed by atoms with Crippen LogP contribution in [0.5, 0.6) is 0 Å². The number of hydrogen-bond donors (Lipinski definition) is 0. The molecule has 4 nitrogen and oxygen atoms in total. The summed E-state index contributed by atoms with van der Waals surface area (Å²) in [5.74, 6) is 6.37. The van der Waals surface area contributed by atoms with E-state index in [0.717, 1.165) is 46.7 Å². The summed E-state index contributed by atoms with van der Waals surface area (Å²) in [6.07, 6.45) is 37.9. The Morgan fingerprint density at radius 2 is 0.610 bits per heavy atom. The fourth-order valence-electron chi connectivity index (χ4n) is 7.15. The number of carbonyl (C=O) groups is 2. The van der Waals surface area contributed by atoms with Crippen molar-refractivity contribution in [2.45, 2.75) is 258 Å². The Hall–Kier alpha value is 0.439. The van der Waals surface area contributed by atoms with Gasteiger partial charge in [0.2, 0.25) is 0 Å². The molecule has 0 spiro atoms. The number of carboxylic acids is 2. The number of carbonyl (C=O) groups excluding carboxylic acids is 2. The topological polar surface area (TPSA) is 80.3 Å². The fourth-order valence-corrected chi connectivity index (χ4v) is 14.8. The molecule has 0 aliphatic heterocycles. The first-order valence-corrected chi connectivity index (χ1v) is 33.1. The fraction of sp³-hybridized carbons (Fsp3) is 0.962. The molecule has 59 heavy (non-hydrogen) atoms. The zero-order valence-corrected chi connectivity index (χ0v) is 46.2. The first-order valence-electron chi connectivity index (χ1n) is 25.6. The van der Waals surface area contributed by atoms with Gasteiger partial charge in [0.25, 0.3) is 0 Å². The molecule has 0 saturated carbocycles. The molecule has 0 aromatic rings. The van der Waals surface area contributed by atoms with Crippen LogP contribution in [-0.4, -0.2) is 67.6 Å². The molecule has 0 amide bonds. The van der Waals surface area contributed by atoms with Gasteiger partial charge in [0.15, 0.2) is 0 Å². The van der Waals surface area contributed by atoms with Crippen LogP contribution in [0.4, 0.5) is 0 Å². The molecule has 0 aromatic heterocycles. The molecule has 0 radical (unpaired) electrons. The van der Waals surface area contributed by atoms with Crippen LogP contribution >= 0.6 is 0 Å². The van der Waals surface area contributed by atoms with Crippen molar-refractivity contribution in [3.63, 3.8) is 0 Å². The third kappa shape index (κ3) is 62.8. The van der Waals surface area contributed by atoms with Crippen molar-refractivity contribution in [3.05, 3.63) is 0 Å². The van der Waals surface area contributed by atoms with Crippen molar-refractivity contribution in [1.29, 1.82) is 0 Å². The van der Waals surface area contributed by atoms with Crippen LogP contribution in [0.1, 0.15) is 249 Å². The SMILES string of the molecule is CC(C)CCCCC[S+](CCCCCC(C)C)CC(=O)[O-].CC(C)CCCCC[S+](CCCCCC(C)C)CC(=O)[O-].CCCCCCC[CH2][Sn+2][CH2]CCCCCCC. The molecule has 0 N–H and O–H groups in total. The van der Waals surface area contributed by atoms with E-state index in [-0.39, 0.29) is 54.4 Å². The average molecular weight is 978 g/mol. The van der Waals surface area contributed by atoms with Gasteiger partial charge in [-0.05, 0) is 96.8 Å². The second kappa shape index (κ2) is 51.1. The van der Waals surface area contributed by atoms with Gasteiger partial charge in [-0.15, -0.1) is 0 Å². The molecule has 0 heterocycles. The third-order valence-electron chi connectivity index (χ3n) is 10.9. The molecule has 0 aliphatic carbocycles. The first kappa shape index (κ1) is 63.7. The second-order valence-corrected chi connectivity index (χ2v) is 28.3. The van der Waals surface area contributed by atoms with Gasteiger partial charge in [0.1, 0.15) is 34.5 Å². The monoisotopic (exact) mass is 979 g/mol. The molecule has 352 valence electrons. The Labute approximate surface area is 388 Å². The normalized spacial score (nSPS) is 11.4. The summed E-state index contributed by atoms with van der Waals surface area (Å²) >= 11 is 0.0736. The molecule has 0 unspecified atom stereocenters. The van der Waals surface area contributed by atoms with Crippen LogP contribution in [-0.2, 0) is 31.4 Å². The molecule has 0 aliphatic rings. The van der Waals surface area contributed by atoms with E-state index in [0.29, 0.717) is 0 Å². The van der Waals surface area contributed by atoms with E-state index in [2.05, 4.69) is 69.2 Å². The van der Waals surface area contributed by atoms with E-state index in [1.165, 1.54) is 167 Å². The minimum absolute atomic E-state index is 0.0550. The second-order valence-electron chi connectivity index (χ2n) is 19.3. The van der Waals surface area contributed by atoms with Crippen molar-refractivity contribution >= 4 is 54.9 Å². The van der Waals surface area contributed by atoms with E-state index in [1.807, 2.05) is 0 Å². The Kier molecular flexibility index (Phi) is 55.2. The van der Waals surface area contributed by atoms with Crippen LogP contribution < -0.4 is 10.2 Å². The summed E-state index contributed by atoms with van der Waals surface area (Å²) in [6.45, 7) is 22.7. The molecular formula is C52H106O4S2Sn+2. The predicted molar refractivity (Wildman–Crippen MR) is 269 cm³/mol. The quantitative estimate of drug-likeness (QED) is 0.0347. The molecule has 0 aromatic carbocycles. The van der Waals surface area contributed by atoms with Gasteiger partial charge in [-0.25, -0.2) is 0 Å². The van der Waals surface area contributed by atoms with Crippen molar-refractivity contribution in [3.8, 4) is 0 Å². The van der Waals surface area contributed by atoms with E-state index in [4.69, 9.17) is 0 Å². The Bertz CT molecular complexity index is 736. The molecule has 0 saturated heterocycles. The van der Waals surface area contributed by atoms with Crippen LogP contribution in [0.2, 0.25) is 8.87 Å². The number of carboxylic acid groups (broad SMARTS) is 2. The number of aliphatic carboxylic acids is 2. The summed E-state index contributed by atoms with van der Waals surface area (Å²) in [4.78, 5) is 21.7. The predicted octanol–water partition coefficient (Wildman–Crippen LogP) is 13.8. The summed E-state index contributed by atoms with van der Waals surface area (Å²) < 4.78 is 3.31. The third-order valence-corrected chi connectivity index (χ3v) is 19.7. The average Bonchev–Trinajstić information content (AvgIpc) is 3.15. The summed E-state index contributed by atoms with van der Waals surface area (Å²) in [5, 5.41) is 21.7. The van der Waals surface area contributed by atoms with E-state index in [1.54, 1.807) is 21.7 Å². The van der Waals surface area contributed by atoms with Gasteiger partial charge in [-0.3, -0.25) is 0 Å². The molecular weight excluding hydrogens is 871 g/mol. The van der Waals surface area contributed by atoms with Crippen LogP contribution in [0, 0.1) is 23.7 Å². The van der Waals surface area contributed by atoms with Crippen molar-refractivity contribution in [2.24, 2.45) is 23.7 Å².